The number of fused-ring (bicyclic) bond motifs is 2. The van der Waals surface area contributed by atoms with Gasteiger partial charge in [-0.25, -0.2) is 4.98 Å². The standard InChI is InChI=1S/C15H21N3O3/c1-2-3-15-17-11-8-13-14(21-10-20-13)9-12(11)18(15)5-7-19-6-4-16/h8-9H,2-7,10,16H2,1H3. The fourth-order valence-electron chi connectivity index (χ4n) is 2.57. The Bertz CT molecular complexity index is 624. The molecule has 1 aliphatic heterocycles. The van der Waals surface area contributed by atoms with Crippen LogP contribution in [0.15, 0.2) is 12.1 Å². The molecule has 0 atom stereocenters. The molecular weight excluding hydrogens is 270 g/mol. The van der Waals surface area contributed by atoms with Crippen molar-refractivity contribution in [2.75, 3.05) is 26.6 Å². The van der Waals surface area contributed by atoms with Gasteiger partial charge in [0.15, 0.2) is 11.5 Å². The van der Waals surface area contributed by atoms with Crippen molar-refractivity contribution < 1.29 is 14.2 Å². The molecular formula is C15H21N3O3. The zero-order valence-electron chi connectivity index (χ0n) is 12.3. The molecule has 2 heterocycles. The minimum Gasteiger partial charge on any atom is -0.454 e. The van der Waals surface area contributed by atoms with Crippen molar-refractivity contribution in [1.82, 2.24) is 9.55 Å². The molecule has 0 fully saturated rings. The fourth-order valence-corrected chi connectivity index (χ4v) is 2.57. The maximum Gasteiger partial charge on any atom is 0.231 e. The average molecular weight is 291 g/mol. The van der Waals surface area contributed by atoms with Crippen LogP contribution >= 0.6 is 0 Å². The largest absolute Gasteiger partial charge is 0.454 e. The molecule has 114 valence electrons. The maximum absolute atomic E-state index is 5.50. The van der Waals surface area contributed by atoms with E-state index in [0.29, 0.717) is 19.8 Å². The minimum absolute atomic E-state index is 0.281. The molecule has 0 spiro atoms. The van der Waals surface area contributed by atoms with Gasteiger partial charge in [0.1, 0.15) is 5.82 Å². The number of nitrogens with two attached hydrogens (primary N) is 1. The highest BCUT2D eigenvalue weighted by atomic mass is 16.7. The fraction of sp³-hybridized carbons (Fsp3) is 0.533. The van der Waals surface area contributed by atoms with E-state index in [1.807, 2.05) is 12.1 Å². The molecule has 0 aliphatic carbocycles. The highest BCUT2D eigenvalue weighted by Crippen LogP contribution is 2.36. The second-order valence-corrected chi connectivity index (χ2v) is 5.02. The molecule has 6 nitrogen and oxygen atoms in total. The highest BCUT2D eigenvalue weighted by Gasteiger charge is 2.18. The first-order chi connectivity index (χ1) is 10.3. The van der Waals surface area contributed by atoms with Crippen LogP contribution in [0.5, 0.6) is 11.5 Å². The van der Waals surface area contributed by atoms with Gasteiger partial charge >= 0.3 is 0 Å². The summed E-state index contributed by atoms with van der Waals surface area (Å²) >= 11 is 0. The number of rotatable bonds is 7. The first-order valence-corrected chi connectivity index (χ1v) is 7.40. The van der Waals surface area contributed by atoms with Crippen molar-refractivity contribution in [2.45, 2.75) is 26.3 Å². The van der Waals surface area contributed by atoms with E-state index in [4.69, 9.17) is 24.9 Å². The van der Waals surface area contributed by atoms with Gasteiger partial charge in [-0.3, -0.25) is 0 Å². The lowest BCUT2D eigenvalue weighted by Crippen LogP contribution is -2.13. The van der Waals surface area contributed by atoms with E-state index in [-0.39, 0.29) is 6.79 Å². The van der Waals surface area contributed by atoms with Crippen molar-refractivity contribution in [3.05, 3.63) is 18.0 Å². The van der Waals surface area contributed by atoms with E-state index in [9.17, 15) is 0 Å². The van der Waals surface area contributed by atoms with Gasteiger partial charge in [-0.2, -0.15) is 0 Å². The summed E-state index contributed by atoms with van der Waals surface area (Å²) < 4.78 is 18.6. The molecule has 0 radical (unpaired) electrons. The Hall–Kier alpha value is -1.79. The minimum atomic E-state index is 0.281. The molecule has 1 aromatic carbocycles. The molecule has 2 aromatic rings. The molecule has 1 aromatic heterocycles. The van der Waals surface area contributed by atoms with E-state index < -0.39 is 0 Å². The van der Waals surface area contributed by atoms with Crippen LogP contribution in [-0.4, -0.2) is 36.1 Å². The quantitative estimate of drug-likeness (QED) is 0.786. The Morgan fingerprint density at radius 2 is 2.10 bits per heavy atom. The predicted octanol–water partition coefficient (Wildman–Crippen LogP) is 1.69. The number of ether oxygens (including phenoxy) is 3. The lowest BCUT2D eigenvalue weighted by molar-refractivity contribution is 0.133. The molecule has 6 heteroatoms. The smallest absolute Gasteiger partial charge is 0.231 e. The van der Waals surface area contributed by atoms with Crippen LogP contribution in [0.25, 0.3) is 11.0 Å². The monoisotopic (exact) mass is 291 g/mol. The molecule has 0 amide bonds. The summed E-state index contributed by atoms with van der Waals surface area (Å²) in [6, 6.07) is 3.96. The number of hydrogen-bond acceptors (Lipinski definition) is 5. The lowest BCUT2D eigenvalue weighted by Gasteiger charge is -2.09. The highest BCUT2D eigenvalue weighted by molar-refractivity contribution is 5.81. The van der Waals surface area contributed by atoms with E-state index >= 15 is 0 Å². The van der Waals surface area contributed by atoms with E-state index in [1.54, 1.807) is 0 Å². The summed E-state index contributed by atoms with van der Waals surface area (Å²) in [6.45, 7) is 4.97. The van der Waals surface area contributed by atoms with Crippen LogP contribution < -0.4 is 15.2 Å². The average Bonchev–Trinajstić information content (AvgIpc) is 3.06. The Labute approximate surface area is 123 Å². The number of benzene rings is 1. The van der Waals surface area contributed by atoms with Gasteiger partial charge in [-0.15, -0.1) is 0 Å². The van der Waals surface area contributed by atoms with Gasteiger partial charge in [0.25, 0.3) is 0 Å². The summed E-state index contributed by atoms with van der Waals surface area (Å²) in [5, 5.41) is 0. The third-order valence-corrected chi connectivity index (χ3v) is 3.52. The van der Waals surface area contributed by atoms with Crippen LogP contribution in [0.3, 0.4) is 0 Å². The van der Waals surface area contributed by atoms with Gasteiger partial charge in [0.2, 0.25) is 6.79 Å². The predicted molar refractivity (Wildman–Crippen MR) is 79.7 cm³/mol. The van der Waals surface area contributed by atoms with Crippen LogP contribution in [0.2, 0.25) is 0 Å². The maximum atomic E-state index is 5.50. The lowest BCUT2D eigenvalue weighted by atomic mass is 10.2. The van der Waals surface area contributed by atoms with Crippen LogP contribution in [0.4, 0.5) is 0 Å². The van der Waals surface area contributed by atoms with Gasteiger partial charge < -0.3 is 24.5 Å². The van der Waals surface area contributed by atoms with Crippen molar-refractivity contribution in [3.63, 3.8) is 0 Å². The second kappa shape index (κ2) is 6.32. The SMILES string of the molecule is CCCc1nc2cc3c(cc2n1CCOCCN)OCO3. The van der Waals surface area contributed by atoms with Gasteiger partial charge in [0, 0.05) is 31.6 Å². The third-order valence-electron chi connectivity index (χ3n) is 3.52. The number of aryl methyl sites for hydroxylation is 1. The molecule has 0 bridgehead atoms. The number of aromatic nitrogens is 2. The summed E-state index contributed by atoms with van der Waals surface area (Å²) in [6.07, 6.45) is 2.00. The normalized spacial score (nSPS) is 13.2. The third kappa shape index (κ3) is 2.82. The van der Waals surface area contributed by atoms with Gasteiger partial charge in [-0.1, -0.05) is 6.92 Å². The molecule has 0 unspecified atom stereocenters. The van der Waals surface area contributed by atoms with E-state index in [1.165, 1.54) is 0 Å². The number of hydrogen-bond donors (Lipinski definition) is 1. The topological polar surface area (TPSA) is 71.5 Å². The zero-order chi connectivity index (χ0) is 14.7. The van der Waals surface area contributed by atoms with Crippen molar-refractivity contribution in [3.8, 4) is 11.5 Å². The van der Waals surface area contributed by atoms with Crippen molar-refractivity contribution >= 4 is 11.0 Å². The van der Waals surface area contributed by atoms with Crippen LogP contribution in [0, 0.1) is 0 Å². The second-order valence-electron chi connectivity index (χ2n) is 5.02. The first-order valence-electron chi connectivity index (χ1n) is 7.40. The molecule has 0 saturated carbocycles. The molecule has 3 rings (SSSR count). The van der Waals surface area contributed by atoms with E-state index in [2.05, 4.69) is 11.5 Å². The number of nitrogens with zero attached hydrogens (tertiary/aromatic N) is 2. The summed E-state index contributed by atoms with van der Waals surface area (Å²) in [5.41, 5.74) is 7.46. The molecule has 2 N–H and O–H groups in total. The van der Waals surface area contributed by atoms with Crippen LogP contribution in [0.1, 0.15) is 19.2 Å². The Balaban J connectivity index is 1.91. The number of imidazole rings is 1. The van der Waals surface area contributed by atoms with E-state index in [0.717, 1.165) is 47.7 Å². The summed E-state index contributed by atoms with van der Waals surface area (Å²) in [5.74, 6) is 2.64. The van der Waals surface area contributed by atoms with Gasteiger partial charge in [0.05, 0.1) is 24.2 Å². The first kappa shape index (κ1) is 14.2. The van der Waals surface area contributed by atoms with Gasteiger partial charge in [-0.05, 0) is 6.42 Å². The van der Waals surface area contributed by atoms with Crippen LogP contribution in [-0.2, 0) is 17.7 Å². The zero-order valence-corrected chi connectivity index (χ0v) is 12.3. The summed E-state index contributed by atoms with van der Waals surface area (Å²) in [7, 11) is 0. The Morgan fingerprint density at radius 3 is 2.86 bits per heavy atom. The Morgan fingerprint density at radius 1 is 1.29 bits per heavy atom. The molecule has 21 heavy (non-hydrogen) atoms. The molecule has 0 saturated heterocycles. The Kier molecular flexibility index (Phi) is 4.26. The molecule has 1 aliphatic rings. The van der Waals surface area contributed by atoms with Crippen molar-refractivity contribution in [1.29, 1.82) is 0 Å². The van der Waals surface area contributed by atoms with Crippen molar-refractivity contribution in [2.24, 2.45) is 5.73 Å². The summed E-state index contributed by atoms with van der Waals surface area (Å²) in [4.78, 5) is 4.73.